The molecule has 0 radical (unpaired) electrons. The van der Waals surface area contributed by atoms with Crippen molar-refractivity contribution in [1.82, 2.24) is 9.88 Å². The summed E-state index contributed by atoms with van der Waals surface area (Å²) in [6.07, 6.45) is 4.09. The van der Waals surface area contributed by atoms with Crippen molar-refractivity contribution in [3.8, 4) is 0 Å². The number of benzene rings is 1. The first-order valence-corrected chi connectivity index (χ1v) is 8.40. The highest BCUT2D eigenvalue weighted by molar-refractivity contribution is 7.12. The first kappa shape index (κ1) is 14.9. The van der Waals surface area contributed by atoms with E-state index in [4.69, 9.17) is 0 Å². The molecule has 2 aromatic heterocycles. The molecule has 0 fully saturated rings. The van der Waals surface area contributed by atoms with E-state index in [9.17, 15) is 4.79 Å². The third kappa shape index (κ3) is 3.07. The van der Waals surface area contributed by atoms with Crippen LogP contribution in [-0.4, -0.2) is 16.5 Å². The van der Waals surface area contributed by atoms with E-state index in [-0.39, 0.29) is 11.9 Å². The maximum atomic E-state index is 12.0. The standard InChI is InChI=1S/C18H20N2OS/c1-13(19-18(21)17-8-5-11-22-17)9-10-14-12-20(2)16-7-4-3-6-15(14)16/h3-8,11-13H,9-10H2,1-2H3,(H,19,21). The van der Waals surface area contributed by atoms with Crippen molar-refractivity contribution in [3.63, 3.8) is 0 Å². The van der Waals surface area contributed by atoms with Gasteiger partial charge in [0.25, 0.3) is 5.91 Å². The molecule has 1 amide bonds. The zero-order valence-electron chi connectivity index (χ0n) is 12.9. The number of aryl methyl sites for hydroxylation is 2. The van der Waals surface area contributed by atoms with Crippen LogP contribution in [0, 0.1) is 0 Å². The van der Waals surface area contributed by atoms with Gasteiger partial charge in [-0.15, -0.1) is 11.3 Å². The number of fused-ring (bicyclic) bond motifs is 1. The predicted octanol–water partition coefficient (Wildman–Crippen LogP) is 3.99. The van der Waals surface area contributed by atoms with Gasteiger partial charge in [0.15, 0.2) is 0 Å². The maximum Gasteiger partial charge on any atom is 0.261 e. The fourth-order valence-electron chi connectivity index (χ4n) is 2.77. The Hall–Kier alpha value is -2.07. The summed E-state index contributed by atoms with van der Waals surface area (Å²) in [4.78, 5) is 12.8. The van der Waals surface area contributed by atoms with Crippen molar-refractivity contribution in [1.29, 1.82) is 0 Å². The van der Waals surface area contributed by atoms with Gasteiger partial charge in [0, 0.05) is 30.2 Å². The molecule has 114 valence electrons. The number of amides is 1. The Bertz CT molecular complexity index is 774. The fraction of sp³-hybridized carbons (Fsp3) is 0.278. The molecule has 0 bridgehead atoms. The number of nitrogens with zero attached hydrogens (tertiary/aromatic N) is 1. The molecule has 22 heavy (non-hydrogen) atoms. The highest BCUT2D eigenvalue weighted by Gasteiger charge is 2.12. The lowest BCUT2D eigenvalue weighted by Crippen LogP contribution is -2.32. The molecule has 0 saturated carbocycles. The summed E-state index contributed by atoms with van der Waals surface area (Å²) in [5, 5.41) is 6.31. The minimum atomic E-state index is 0.0282. The molecule has 3 rings (SSSR count). The topological polar surface area (TPSA) is 34.0 Å². The Kier molecular flexibility index (Phi) is 4.29. The summed E-state index contributed by atoms with van der Waals surface area (Å²) in [6.45, 7) is 2.07. The van der Waals surface area contributed by atoms with Gasteiger partial charge >= 0.3 is 0 Å². The zero-order valence-corrected chi connectivity index (χ0v) is 13.7. The number of hydrogen-bond acceptors (Lipinski definition) is 2. The molecule has 1 unspecified atom stereocenters. The molecule has 3 nitrogen and oxygen atoms in total. The second-order valence-electron chi connectivity index (χ2n) is 5.67. The van der Waals surface area contributed by atoms with Crippen LogP contribution in [0.5, 0.6) is 0 Å². The number of carbonyl (C=O) groups is 1. The summed E-state index contributed by atoms with van der Waals surface area (Å²) >= 11 is 1.48. The Labute approximate surface area is 134 Å². The molecular formula is C18H20N2OS. The number of nitrogens with one attached hydrogen (secondary N) is 1. The van der Waals surface area contributed by atoms with Crippen LogP contribution >= 0.6 is 11.3 Å². The highest BCUT2D eigenvalue weighted by Crippen LogP contribution is 2.22. The first-order valence-electron chi connectivity index (χ1n) is 7.52. The molecular weight excluding hydrogens is 292 g/mol. The van der Waals surface area contributed by atoms with Gasteiger partial charge in [0.2, 0.25) is 0 Å². The molecule has 1 aromatic carbocycles. The average molecular weight is 312 g/mol. The van der Waals surface area contributed by atoms with E-state index in [1.807, 2.05) is 17.5 Å². The van der Waals surface area contributed by atoms with Crippen LogP contribution in [0.15, 0.2) is 48.0 Å². The average Bonchev–Trinajstić information content (AvgIpc) is 3.14. The molecule has 0 aliphatic heterocycles. The van der Waals surface area contributed by atoms with Crippen LogP contribution < -0.4 is 5.32 Å². The van der Waals surface area contributed by atoms with Crippen LogP contribution in [0.3, 0.4) is 0 Å². The van der Waals surface area contributed by atoms with Gasteiger partial charge in [0.1, 0.15) is 0 Å². The maximum absolute atomic E-state index is 12.0. The second-order valence-corrected chi connectivity index (χ2v) is 6.62. The van der Waals surface area contributed by atoms with Crippen molar-refractivity contribution < 1.29 is 4.79 Å². The van der Waals surface area contributed by atoms with Crippen LogP contribution in [-0.2, 0) is 13.5 Å². The summed E-state index contributed by atoms with van der Waals surface area (Å²) in [5.41, 5.74) is 2.60. The third-order valence-corrected chi connectivity index (χ3v) is 4.82. The molecule has 1 atom stereocenters. The van der Waals surface area contributed by atoms with Gasteiger partial charge in [-0.2, -0.15) is 0 Å². The lowest BCUT2D eigenvalue weighted by Gasteiger charge is -2.12. The van der Waals surface area contributed by atoms with Crippen molar-refractivity contribution >= 4 is 28.1 Å². The normalized spacial score (nSPS) is 12.5. The van der Waals surface area contributed by atoms with Gasteiger partial charge in [-0.3, -0.25) is 4.79 Å². The second kappa shape index (κ2) is 6.36. The van der Waals surface area contributed by atoms with Crippen LogP contribution in [0.1, 0.15) is 28.6 Å². The van der Waals surface area contributed by atoms with Crippen LogP contribution in [0.4, 0.5) is 0 Å². The number of hydrogen-bond donors (Lipinski definition) is 1. The Balaban J connectivity index is 1.63. The Morgan fingerprint density at radius 3 is 2.86 bits per heavy atom. The summed E-state index contributed by atoms with van der Waals surface area (Å²) < 4.78 is 2.17. The molecule has 0 spiro atoms. The molecule has 1 N–H and O–H groups in total. The summed E-state index contributed by atoms with van der Waals surface area (Å²) in [6, 6.07) is 12.4. The lowest BCUT2D eigenvalue weighted by molar-refractivity contribution is 0.0942. The molecule has 2 heterocycles. The Morgan fingerprint density at radius 2 is 2.09 bits per heavy atom. The van der Waals surface area contributed by atoms with E-state index in [0.29, 0.717) is 0 Å². The number of thiophene rings is 1. The number of carbonyl (C=O) groups excluding carboxylic acids is 1. The van der Waals surface area contributed by atoms with Gasteiger partial charge in [0.05, 0.1) is 4.88 Å². The number of aromatic nitrogens is 1. The van der Waals surface area contributed by atoms with Gasteiger partial charge in [-0.1, -0.05) is 24.3 Å². The molecule has 0 saturated heterocycles. The summed E-state index contributed by atoms with van der Waals surface area (Å²) in [5.74, 6) is 0.0282. The zero-order chi connectivity index (χ0) is 15.5. The van der Waals surface area contributed by atoms with E-state index in [1.165, 1.54) is 27.8 Å². The lowest BCUT2D eigenvalue weighted by atomic mass is 10.1. The highest BCUT2D eigenvalue weighted by atomic mass is 32.1. The van der Waals surface area contributed by atoms with E-state index in [1.54, 1.807) is 0 Å². The van der Waals surface area contributed by atoms with Crippen molar-refractivity contribution in [2.75, 3.05) is 0 Å². The predicted molar refractivity (Wildman–Crippen MR) is 92.5 cm³/mol. The van der Waals surface area contributed by atoms with E-state index < -0.39 is 0 Å². The third-order valence-electron chi connectivity index (χ3n) is 3.95. The van der Waals surface area contributed by atoms with Gasteiger partial charge < -0.3 is 9.88 Å². The van der Waals surface area contributed by atoms with Gasteiger partial charge in [-0.05, 0) is 42.8 Å². The van der Waals surface area contributed by atoms with Crippen LogP contribution in [0.2, 0.25) is 0 Å². The SMILES string of the molecule is CC(CCc1cn(C)c2ccccc12)NC(=O)c1cccs1. The monoisotopic (exact) mass is 312 g/mol. The quantitative estimate of drug-likeness (QED) is 0.759. The van der Waals surface area contributed by atoms with Crippen molar-refractivity contribution in [2.24, 2.45) is 7.05 Å². The Morgan fingerprint density at radius 1 is 1.27 bits per heavy atom. The first-order chi connectivity index (χ1) is 10.6. The minimum Gasteiger partial charge on any atom is -0.350 e. The van der Waals surface area contributed by atoms with E-state index in [0.717, 1.165) is 17.7 Å². The van der Waals surface area contributed by atoms with E-state index in [2.05, 4.69) is 54.3 Å². The van der Waals surface area contributed by atoms with Gasteiger partial charge in [-0.25, -0.2) is 0 Å². The van der Waals surface area contributed by atoms with Crippen LogP contribution in [0.25, 0.3) is 10.9 Å². The molecule has 0 aliphatic carbocycles. The molecule has 0 aliphatic rings. The van der Waals surface area contributed by atoms with E-state index >= 15 is 0 Å². The summed E-state index contributed by atoms with van der Waals surface area (Å²) in [7, 11) is 2.08. The van der Waals surface area contributed by atoms with Crippen molar-refractivity contribution in [3.05, 3.63) is 58.4 Å². The fourth-order valence-corrected chi connectivity index (χ4v) is 3.40. The minimum absolute atomic E-state index is 0.0282. The van der Waals surface area contributed by atoms with Crippen molar-refractivity contribution in [2.45, 2.75) is 25.8 Å². The largest absolute Gasteiger partial charge is 0.350 e. The number of rotatable bonds is 5. The number of para-hydroxylation sites is 1. The molecule has 3 aromatic rings. The smallest absolute Gasteiger partial charge is 0.261 e. The molecule has 4 heteroatoms.